The summed E-state index contributed by atoms with van der Waals surface area (Å²) in [6.07, 6.45) is 1.85. The second kappa shape index (κ2) is 3.88. The summed E-state index contributed by atoms with van der Waals surface area (Å²) in [4.78, 5) is 0. The van der Waals surface area contributed by atoms with E-state index in [1.807, 2.05) is 0 Å². The van der Waals surface area contributed by atoms with Crippen molar-refractivity contribution in [2.75, 3.05) is 13.1 Å². The van der Waals surface area contributed by atoms with Gasteiger partial charge in [0.2, 0.25) is 0 Å². The van der Waals surface area contributed by atoms with Crippen molar-refractivity contribution in [3.8, 4) is 0 Å². The van der Waals surface area contributed by atoms with Crippen molar-refractivity contribution in [1.29, 1.82) is 0 Å². The van der Waals surface area contributed by atoms with Crippen LogP contribution >= 0.6 is 0 Å². The zero-order chi connectivity index (χ0) is 8.27. The van der Waals surface area contributed by atoms with Crippen LogP contribution in [0.5, 0.6) is 0 Å². The highest BCUT2D eigenvalue weighted by Crippen LogP contribution is 2.18. The Bertz CT molecular complexity index is 144. The van der Waals surface area contributed by atoms with E-state index in [4.69, 9.17) is 0 Å². The van der Waals surface area contributed by atoms with E-state index in [1.54, 1.807) is 0 Å². The lowest BCUT2D eigenvalue weighted by Gasteiger charge is -2.13. The first-order chi connectivity index (χ1) is 5.24. The van der Waals surface area contributed by atoms with Crippen molar-refractivity contribution in [3.63, 3.8) is 0 Å². The molecule has 0 bridgehead atoms. The number of nitrogens with one attached hydrogen (secondary N) is 1. The molecule has 2 nitrogen and oxygen atoms in total. The van der Waals surface area contributed by atoms with Crippen LogP contribution < -0.4 is 5.32 Å². The van der Waals surface area contributed by atoms with Gasteiger partial charge in [-0.2, -0.15) is 0 Å². The van der Waals surface area contributed by atoms with Gasteiger partial charge in [-0.25, -0.2) is 0 Å². The molecule has 1 heterocycles. The van der Waals surface area contributed by atoms with Crippen molar-refractivity contribution in [3.05, 3.63) is 12.2 Å². The summed E-state index contributed by atoms with van der Waals surface area (Å²) >= 11 is 0. The minimum atomic E-state index is -0.154. The summed E-state index contributed by atoms with van der Waals surface area (Å²) in [5.41, 5.74) is 1.25. The van der Waals surface area contributed by atoms with Crippen LogP contribution in [0.15, 0.2) is 12.2 Å². The Morgan fingerprint density at radius 3 is 2.82 bits per heavy atom. The Hall–Kier alpha value is -0.340. The third-order valence-corrected chi connectivity index (χ3v) is 2.36. The molecule has 0 aliphatic carbocycles. The standard InChI is InChI=1S/C9H17NO/c1-3-7(2)4-8-5-10-6-9(8)11/h8-11H,2-6H2,1H3. The maximum Gasteiger partial charge on any atom is 0.0707 e. The molecule has 1 aliphatic heterocycles. The van der Waals surface area contributed by atoms with Crippen molar-refractivity contribution in [2.45, 2.75) is 25.9 Å². The van der Waals surface area contributed by atoms with Gasteiger partial charge in [-0.3, -0.25) is 0 Å². The van der Waals surface area contributed by atoms with Crippen LogP contribution in [0, 0.1) is 5.92 Å². The predicted molar refractivity (Wildman–Crippen MR) is 46.4 cm³/mol. The maximum absolute atomic E-state index is 9.43. The van der Waals surface area contributed by atoms with Gasteiger partial charge < -0.3 is 10.4 Å². The monoisotopic (exact) mass is 155 g/mol. The second-order valence-corrected chi connectivity index (χ2v) is 3.29. The average Bonchev–Trinajstić information content (AvgIpc) is 2.37. The van der Waals surface area contributed by atoms with E-state index < -0.39 is 0 Å². The van der Waals surface area contributed by atoms with E-state index in [9.17, 15) is 5.11 Å². The Labute approximate surface area is 68.3 Å². The summed E-state index contributed by atoms with van der Waals surface area (Å²) in [6, 6.07) is 0. The molecular formula is C9H17NO. The molecule has 2 N–H and O–H groups in total. The largest absolute Gasteiger partial charge is 0.391 e. The first-order valence-electron chi connectivity index (χ1n) is 4.29. The molecule has 0 aromatic rings. The fraction of sp³-hybridized carbons (Fsp3) is 0.778. The molecule has 0 radical (unpaired) electrons. The quantitative estimate of drug-likeness (QED) is 0.594. The van der Waals surface area contributed by atoms with Gasteiger partial charge in [-0.1, -0.05) is 19.1 Å². The van der Waals surface area contributed by atoms with E-state index in [2.05, 4.69) is 18.8 Å². The predicted octanol–water partition coefficient (Wildman–Crippen LogP) is 0.923. The molecule has 1 saturated heterocycles. The average molecular weight is 155 g/mol. The number of hydrogen-bond donors (Lipinski definition) is 2. The molecule has 0 saturated carbocycles. The highest BCUT2D eigenvalue weighted by atomic mass is 16.3. The van der Waals surface area contributed by atoms with Gasteiger partial charge in [-0.15, -0.1) is 0 Å². The van der Waals surface area contributed by atoms with Gasteiger partial charge in [0, 0.05) is 19.0 Å². The SMILES string of the molecule is C=C(CC)CC1CNCC1O. The van der Waals surface area contributed by atoms with Crippen molar-refractivity contribution in [2.24, 2.45) is 5.92 Å². The number of hydrogen-bond acceptors (Lipinski definition) is 2. The maximum atomic E-state index is 9.43. The third-order valence-electron chi connectivity index (χ3n) is 2.36. The molecule has 0 amide bonds. The summed E-state index contributed by atoms with van der Waals surface area (Å²) in [6.45, 7) is 7.74. The molecule has 11 heavy (non-hydrogen) atoms. The van der Waals surface area contributed by atoms with Gasteiger partial charge in [0.1, 0.15) is 0 Å². The van der Waals surface area contributed by atoms with Gasteiger partial charge >= 0.3 is 0 Å². The molecule has 1 aliphatic rings. The van der Waals surface area contributed by atoms with Crippen LogP contribution in [-0.4, -0.2) is 24.3 Å². The van der Waals surface area contributed by atoms with E-state index in [0.29, 0.717) is 5.92 Å². The van der Waals surface area contributed by atoms with Crippen LogP contribution in [0.3, 0.4) is 0 Å². The molecule has 2 heteroatoms. The molecule has 2 unspecified atom stereocenters. The lowest BCUT2D eigenvalue weighted by molar-refractivity contribution is 0.147. The lowest BCUT2D eigenvalue weighted by Crippen LogP contribution is -2.18. The lowest BCUT2D eigenvalue weighted by atomic mass is 9.96. The third kappa shape index (κ3) is 2.31. The molecule has 0 spiro atoms. The van der Waals surface area contributed by atoms with Crippen LogP contribution in [-0.2, 0) is 0 Å². The van der Waals surface area contributed by atoms with Crippen LogP contribution in [0.1, 0.15) is 19.8 Å². The van der Waals surface area contributed by atoms with E-state index >= 15 is 0 Å². The number of β-amino-alcohol motifs (C(OH)–C–C–N with tert-alkyl or cyclic N) is 1. The van der Waals surface area contributed by atoms with Gasteiger partial charge in [0.25, 0.3) is 0 Å². The molecular weight excluding hydrogens is 138 g/mol. The van der Waals surface area contributed by atoms with Crippen LogP contribution in [0.2, 0.25) is 0 Å². The molecule has 0 aromatic carbocycles. The highest BCUT2D eigenvalue weighted by Gasteiger charge is 2.24. The first-order valence-corrected chi connectivity index (χ1v) is 4.29. The molecule has 64 valence electrons. The topological polar surface area (TPSA) is 32.3 Å². The zero-order valence-corrected chi connectivity index (χ0v) is 7.14. The molecule has 0 aromatic heterocycles. The fourth-order valence-electron chi connectivity index (χ4n) is 1.44. The summed E-state index contributed by atoms with van der Waals surface area (Å²) in [7, 11) is 0. The number of aliphatic hydroxyl groups is 1. The van der Waals surface area contributed by atoms with Crippen LogP contribution in [0.4, 0.5) is 0 Å². The molecule has 1 rings (SSSR count). The number of rotatable bonds is 3. The van der Waals surface area contributed by atoms with Gasteiger partial charge in [-0.05, 0) is 12.8 Å². The van der Waals surface area contributed by atoms with Gasteiger partial charge in [0.05, 0.1) is 6.10 Å². The smallest absolute Gasteiger partial charge is 0.0707 e. The van der Waals surface area contributed by atoms with Crippen molar-refractivity contribution in [1.82, 2.24) is 5.32 Å². The zero-order valence-electron chi connectivity index (χ0n) is 7.14. The normalized spacial score (nSPS) is 30.7. The minimum absolute atomic E-state index is 0.154. The minimum Gasteiger partial charge on any atom is -0.391 e. The van der Waals surface area contributed by atoms with Crippen LogP contribution in [0.25, 0.3) is 0 Å². The Kier molecular flexibility index (Phi) is 3.09. The Morgan fingerprint density at radius 1 is 1.64 bits per heavy atom. The van der Waals surface area contributed by atoms with E-state index in [1.165, 1.54) is 5.57 Å². The number of allylic oxidation sites excluding steroid dienone is 1. The van der Waals surface area contributed by atoms with E-state index in [0.717, 1.165) is 25.9 Å². The van der Waals surface area contributed by atoms with E-state index in [-0.39, 0.29) is 6.10 Å². The van der Waals surface area contributed by atoms with Crippen molar-refractivity contribution >= 4 is 0 Å². The fourth-order valence-corrected chi connectivity index (χ4v) is 1.44. The summed E-state index contributed by atoms with van der Waals surface area (Å²) < 4.78 is 0. The Balaban J connectivity index is 2.30. The summed E-state index contributed by atoms with van der Waals surface area (Å²) in [5, 5.41) is 12.6. The van der Waals surface area contributed by atoms with Gasteiger partial charge in [0.15, 0.2) is 0 Å². The molecule has 1 fully saturated rings. The number of aliphatic hydroxyl groups excluding tert-OH is 1. The Morgan fingerprint density at radius 2 is 2.36 bits per heavy atom. The molecule has 2 atom stereocenters. The van der Waals surface area contributed by atoms with Crippen molar-refractivity contribution < 1.29 is 5.11 Å². The second-order valence-electron chi connectivity index (χ2n) is 3.29. The highest BCUT2D eigenvalue weighted by molar-refractivity contribution is 4.98. The summed E-state index contributed by atoms with van der Waals surface area (Å²) in [5.74, 6) is 0.405. The first kappa shape index (κ1) is 8.75.